The topological polar surface area (TPSA) is 85.4 Å². The molecule has 1 atom stereocenters. The van der Waals surface area contributed by atoms with Gasteiger partial charge in [0.1, 0.15) is 0 Å². The summed E-state index contributed by atoms with van der Waals surface area (Å²) in [5.41, 5.74) is 0. The van der Waals surface area contributed by atoms with Gasteiger partial charge in [-0.05, 0) is 6.42 Å². The third kappa shape index (κ3) is 3.46. The standard InChI is InChI=1S/C12H22O6S/c1-2-3-4-5-6-7-8-9-10-11(13)12(16-11)17-19(14,15)18-12/h13H,2-10H2,1H3. The zero-order valence-electron chi connectivity index (χ0n) is 11.3. The minimum absolute atomic E-state index is 0.331. The summed E-state index contributed by atoms with van der Waals surface area (Å²) in [5, 5.41) is 9.87. The molecule has 2 rings (SSSR count). The minimum Gasteiger partial charge on any atom is -0.359 e. The first-order chi connectivity index (χ1) is 8.93. The van der Waals surface area contributed by atoms with Crippen LogP contribution < -0.4 is 0 Å². The third-order valence-corrected chi connectivity index (χ3v) is 4.38. The number of rotatable bonds is 9. The molecule has 0 saturated carbocycles. The first kappa shape index (κ1) is 15.2. The molecule has 0 aromatic heterocycles. The van der Waals surface area contributed by atoms with Crippen molar-refractivity contribution in [2.75, 3.05) is 0 Å². The van der Waals surface area contributed by atoms with Gasteiger partial charge in [0.05, 0.1) is 0 Å². The second kappa shape index (κ2) is 5.65. The zero-order valence-corrected chi connectivity index (χ0v) is 12.1. The van der Waals surface area contributed by atoms with Crippen molar-refractivity contribution in [2.24, 2.45) is 0 Å². The number of hydrogen-bond acceptors (Lipinski definition) is 6. The van der Waals surface area contributed by atoms with Gasteiger partial charge in [-0.3, -0.25) is 4.74 Å². The zero-order chi connectivity index (χ0) is 14.0. The van der Waals surface area contributed by atoms with Crippen LogP contribution in [-0.4, -0.2) is 25.3 Å². The SMILES string of the molecule is CCCCCCCCCCC1(O)OC12OS(=O)(=O)O2. The van der Waals surface area contributed by atoms with Crippen LogP contribution in [0.15, 0.2) is 0 Å². The van der Waals surface area contributed by atoms with Gasteiger partial charge >= 0.3 is 16.4 Å². The van der Waals surface area contributed by atoms with Gasteiger partial charge in [-0.15, -0.1) is 0 Å². The Hall–Kier alpha value is -0.210. The molecule has 2 saturated heterocycles. The maximum atomic E-state index is 10.7. The van der Waals surface area contributed by atoms with Gasteiger partial charge in [0, 0.05) is 6.42 Å². The van der Waals surface area contributed by atoms with E-state index in [1.54, 1.807) is 0 Å². The summed E-state index contributed by atoms with van der Waals surface area (Å²) in [6, 6.07) is 0. The fourth-order valence-corrected chi connectivity index (χ4v) is 3.22. The molecule has 0 radical (unpaired) electrons. The molecule has 0 bridgehead atoms. The molecule has 112 valence electrons. The van der Waals surface area contributed by atoms with Crippen molar-refractivity contribution in [1.82, 2.24) is 0 Å². The van der Waals surface area contributed by atoms with Gasteiger partial charge in [0.2, 0.25) is 0 Å². The Bertz CT molecular complexity index is 394. The Labute approximate surface area is 114 Å². The molecule has 0 aliphatic carbocycles. The largest absolute Gasteiger partial charge is 0.409 e. The predicted octanol–water partition coefficient (Wildman–Crippen LogP) is 2.18. The van der Waals surface area contributed by atoms with Crippen LogP contribution in [0.2, 0.25) is 0 Å². The van der Waals surface area contributed by atoms with E-state index in [2.05, 4.69) is 15.3 Å². The van der Waals surface area contributed by atoms with Crippen LogP contribution in [0.1, 0.15) is 64.7 Å². The fraction of sp³-hybridized carbons (Fsp3) is 1.00. The second-order valence-electron chi connectivity index (χ2n) is 5.24. The maximum absolute atomic E-state index is 10.7. The molecule has 1 N–H and O–H groups in total. The highest BCUT2D eigenvalue weighted by atomic mass is 32.3. The molecular weight excluding hydrogens is 272 g/mol. The smallest absolute Gasteiger partial charge is 0.359 e. The quantitative estimate of drug-likeness (QED) is 0.518. The summed E-state index contributed by atoms with van der Waals surface area (Å²) in [4.78, 5) is 0. The summed E-state index contributed by atoms with van der Waals surface area (Å²) in [7, 11) is -3.93. The minimum atomic E-state index is -3.93. The molecule has 2 fully saturated rings. The van der Waals surface area contributed by atoms with Crippen molar-refractivity contribution >= 4 is 10.4 Å². The molecule has 2 aliphatic rings. The molecule has 0 amide bonds. The molecule has 0 aromatic rings. The van der Waals surface area contributed by atoms with Crippen LogP contribution in [0.4, 0.5) is 0 Å². The Balaban J connectivity index is 1.51. The van der Waals surface area contributed by atoms with Crippen molar-refractivity contribution in [1.29, 1.82) is 0 Å². The van der Waals surface area contributed by atoms with Crippen LogP contribution in [0, 0.1) is 0 Å². The van der Waals surface area contributed by atoms with Gasteiger partial charge in [-0.1, -0.05) is 51.9 Å². The highest BCUT2D eigenvalue weighted by molar-refractivity contribution is 7.82. The maximum Gasteiger partial charge on any atom is 0.409 e. The van der Waals surface area contributed by atoms with Gasteiger partial charge in [-0.25, -0.2) is 0 Å². The van der Waals surface area contributed by atoms with Crippen molar-refractivity contribution < 1.29 is 26.6 Å². The van der Waals surface area contributed by atoms with E-state index in [0.717, 1.165) is 19.3 Å². The van der Waals surface area contributed by atoms with Crippen molar-refractivity contribution in [3.63, 3.8) is 0 Å². The first-order valence-electron chi connectivity index (χ1n) is 7.02. The average molecular weight is 294 g/mol. The van der Waals surface area contributed by atoms with E-state index in [4.69, 9.17) is 4.74 Å². The Morgan fingerprint density at radius 3 is 2.00 bits per heavy atom. The number of unbranched alkanes of at least 4 members (excludes halogenated alkanes) is 7. The third-order valence-electron chi connectivity index (χ3n) is 3.53. The highest BCUT2D eigenvalue weighted by Gasteiger charge is 2.83. The summed E-state index contributed by atoms with van der Waals surface area (Å²) in [5.74, 6) is -3.31. The molecular formula is C12H22O6S. The molecule has 6 nitrogen and oxygen atoms in total. The van der Waals surface area contributed by atoms with E-state index < -0.39 is 22.2 Å². The summed E-state index contributed by atoms with van der Waals surface area (Å²) in [6.45, 7) is 2.19. The fourth-order valence-electron chi connectivity index (χ4n) is 2.34. The molecule has 2 heterocycles. The van der Waals surface area contributed by atoms with E-state index in [1.165, 1.54) is 32.1 Å². The van der Waals surface area contributed by atoms with Crippen LogP contribution in [0.25, 0.3) is 0 Å². The molecule has 0 aromatic carbocycles. The van der Waals surface area contributed by atoms with E-state index in [9.17, 15) is 13.5 Å². The summed E-state index contributed by atoms with van der Waals surface area (Å²) < 4.78 is 35.1. The lowest BCUT2D eigenvalue weighted by atomic mass is 10.1. The van der Waals surface area contributed by atoms with E-state index in [0.29, 0.717) is 6.42 Å². The number of epoxide rings is 1. The van der Waals surface area contributed by atoms with E-state index >= 15 is 0 Å². The number of ether oxygens (including phenoxy) is 1. The summed E-state index contributed by atoms with van der Waals surface area (Å²) >= 11 is 0. The molecule has 7 heteroatoms. The van der Waals surface area contributed by atoms with Gasteiger partial charge in [0.15, 0.2) is 0 Å². The number of aliphatic hydroxyl groups is 1. The van der Waals surface area contributed by atoms with Crippen LogP contribution in [0.5, 0.6) is 0 Å². The van der Waals surface area contributed by atoms with Crippen LogP contribution >= 0.6 is 0 Å². The first-order valence-corrected chi connectivity index (χ1v) is 8.35. The van der Waals surface area contributed by atoms with Crippen molar-refractivity contribution in [2.45, 2.75) is 76.5 Å². The number of hydrogen-bond donors (Lipinski definition) is 1. The van der Waals surface area contributed by atoms with Crippen molar-refractivity contribution in [3.8, 4) is 0 Å². The Kier molecular flexibility index (Phi) is 4.52. The molecule has 1 spiro atoms. The molecule has 1 unspecified atom stereocenters. The van der Waals surface area contributed by atoms with Crippen LogP contribution in [0.3, 0.4) is 0 Å². The lowest BCUT2D eigenvalue weighted by Gasteiger charge is -2.22. The highest BCUT2D eigenvalue weighted by Crippen LogP contribution is 2.58. The normalized spacial score (nSPS) is 30.2. The van der Waals surface area contributed by atoms with E-state index in [-0.39, 0.29) is 0 Å². The molecule has 19 heavy (non-hydrogen) atoms. The van der Waals surface area contributed by atoms with E-state index in [1.807, 2.05) is 0 Å². The Morgan fingerprint density at radius 1 is 0.947 bits per heavy atom. The molecule has 2 aliphatic heterocycles. The second-order valence-corrected chi connectivity index (χ2v) is 6.39. The van der Waals surface area contributed by atoms with Crippen LogP contribution in [-0.2, 0) is 23.5 Å². The monoisotopic (exact) mass is 294 g/mol. The predicted molar refractivity (Wildman–Crippen MR) is 67.1 cm³/mol. The van der Waals surface area contributed by atoms with Gasteiger partial charge in [-0.2, -0.15) is 16.8 Å². The van der Waals surface area contributed by atoms with Crippen molar-refractivity contribution in [3.05, 3.63) is 0 Å². The Morgan fingerprint density at radius 2 is 1.47 bits per heavy atom. The van der Waals surface area contributed by atoms with Gasteiger partial charge in [0.25, 0.3) is 5.79 Å². The summed E-state index contributed by atoms with van der Waals surface area (Å²) in [6.07, 6.45) is 9.47. The lowest BCUT2D eigenvalue weighted by molar-refractivity contribution is -0.187. The van der Waals surface area contributed by atoms with Gasteiger partial charge < -0.3 is 5.11 Å². The average Bonchev–Trinajstić information content (AvgIpc) is 2.86. The lowest BCUT2D eigenvalue weighted by Crippen LogP contribution is -2.45.